The Labute approximate surface area is 100 Å². The van der Waals surface area contributed by atoms with Crippen molar-refractivity contribution >= 4 is 17.3 Å². The minimum absolute atomic E-state index is 0.259. The molecule has 5 heteroatoms. The van der Waals surface area contributed by atoms with Gasteiger partial charge in [-0.1, -0.05) is 0 Å². The average molecular weight is 238 g/mol. The zero-order chi connectivity index (χ0) is 11.5. The number of hydrazine groups is 1. The molecule has 0 spiro atoms. The first kappa shape index (κ1) is 11.4. The Morgan fingerprint density at radius 3 is 3.12 bits per heavy atom. The topological polar surface area (TPSA) is 53.6 Å². The second-order valence-electron chi connectivity index (χ2n) is 4.23. The van der Waals surface area contributed by atoms with Crippen LogP contribution in [-0.4, -0.2) is 23.4 Å². The minimum atomic E-state index is 0.259. The van der Waals surface area contributed by atoms with Gasteiger partial charge in [0.2, 0.25) is 5.96 Å². The summed E-state index contributed by atoms with van der Waals surface area (Å²) in [6.07, 6.45) is 1.09. The highest BCUT2D eigenvalue weighted by Crippen LogP contribution is 2.23. The Morgan fingerprint density at radius 1 is 1.62 bits per heavy atom. The highest BCUT2D eigenvalue weighted by Gasteiger charge is 2.19. The Kier molecular flexibility index (Phi) is 3.46. The monoisotopic (exact) mass is 238 g/mol. The molecule has 88 valence electrons. The van der Waals surface area contributed by atoms with Gasteiger partial charge in [0.15, 0.2) is 0 Å². The van der Waals surface area contributed by atoms with Crippen LogP contribution in [-0.2, 0) is 13.0 Å². The summed E-state index contributed by atoms with van der Waals surface area (Å²) in [5.74, 6) is 6.33. The fraction of sp³-hybridized carbons (Fsp3) is 0.545. The SMILES string of the molecule is CC(C)N=C(NN)N1CCc2sccc2C1. The summed E-state index contributed by atoms with van der Waals surface area (Å²) in [6.45, 7) is 6.01. The van der Waals surface area contributed by atoms with Gasteiger partial charge in [-0.3, -0.25) is 5.43 Å². The van der Waals surface area contributed by atoms with Gasteiger partial charge in [0.05, 0.1) is 0 Å². The molecule has 16 heavy (non-hydrogen) atoms. The number of hydrogen-bond acceptors (Lipinski definition) is 3. The highest BCUT2D eigenvalue weighted by molar-refractivity contribution is 7.10. The Bertz CT molecular complexity index is 383. The van der Waals surface area contributed by atoms with Gasteiger partial charge in [0, 0.05) is 24.0 Å². The second kappa shape index (κ2) is 4.84. The lowest BCUT2D eigenvalue weighted by Crippen LogP contribution is -2.47. The fourth-order valence-electron chi connectivity index (χ4n) is 1.88. The van der Waals surface area contributed by atoms with Crippen molar-refractivity contribution in [1.29, 1.82) is 0 Å². The van der Waals surface area contributed by atoms with Crippen molar-refractivity contribution in [3.8, 4) is 0 Å². The molecule has 2 heterocycles. The van der Waals surface area contributed by atoms with Crippen molar-refractivity contribution in [3.63, 3.8) is 0 Å². The van der Waals surface area contributed by atoms with Gasteiger partial charge in [0.25, 0.3) is 0 Å². The van der Waals surface area contributed by atoms with E-state index >= 15 is 0 Å². The standard InChI is InChI=1S/C11H18N4S/c1-8(2)13-11(14-12)15-5-3-10-9(7-15)4-6-16-10/h4,6,8H,3,5,7,12H2,1-2H3,(H,13,14). The van der Waals surface area contributed by atoms with Gasteiger partial charge in [-0.2, -0.15) is 0 Å². The van der Waals surface area contributed by atoms with Crippen molar-refractivity contribution in [2.45, 2.75) is 32.9 Å². The summed E-state index contributed by atoms with van der Waals surface area (Å²) in [5.41, 5.74) is 4.11. The van der Waals surface area contributed by atoms with Crippen LogP contribution < -0.4 is 11.3 Å². The van der Waals surface area contributed by atoms with Gasteiger partial charge < -0.3 is 4.90 Å². The van der Waals surface area contributed by atoms with E-state index < -0.39 is 0 Å². The molecule has 1 aromatic rings. The van der Waals surface area contributed by atoms with Crippen molar-refractivity contribution in [3.05, 3.63) is 21.9 Å². The first-order chi connectivity index (χ1) is 7.70. The molecule has 4 nitrogen and oxygen atoms in total. The van der Waals surface area contributed by atoms with Gasteiger partial charge in [-0.25, -0.2) is 10.8 Å². The number of hydrogen-bond donors (Lipinski definition) is 2. The average Bonchev–Trinajstić information content (AvgIpc) is 2.72. The lowest BCUT2D eigenvalue weighted by molar-refractivity contribution is 0.380. The van der Waals surface area contributed by atoms with Gasteiger partial charge >= 0.3 is 0 Å². The number of nitrogens with zero attached hydrogens (tertiary/aromatic N) is 2. The highest BCUT2D eigenvalue weighted by atomic mass is 32.1. The summed E-state index contributed by atoms with van der Waals surface area (Å²) in [6, 6.07) is 2.45. The van der Waals surface area contributed by atoms with Crippen molar-refractivity contribution in [1.82, 2.24) is 10.3 Å². The van der Waals surface area contributed by atoms with E-state index in [-0.39, 0.29) is 6.04 Å². The maximum atomic E-state index is 5.53. The second-order valence-corrected chi connectivity index (χ2v) is 5.23. The van der Waals surface area contributed by atoms with E-state index in [9.17, 15) is 0 Å². The maximum Gasteiger partial charge on any atom is 0.208 e. The van der Waals surface area contributed by atoms with Crippen LogP contribution in [0.5, 0.6) is 0 Å². The molecule has 0 bridgehead atoms. The van der Waals surface area contributed by atoms with E-state index in [2.05, 4.69) is 40.6 Å². The van der Waals surface area contributed by atoms with Crippen LogP contribution in [0.4, 0.5) is 0 Å². The number of aliphatic imine (C=N–C) groups is 1. The van der Waals surface area contributed by atoms with Gasteiger partial charge in [-0.15, -0.1) is 11.3 Å². The number of rotatable bonds is 1. The molecule has 2 rings (SSSR count). The molecule has 0 amide bonds. The number of nitrogens with one attached hydrogen (secondary N) is 1. The predicted molar refractivity (Wildman–Crippen MR) is 68.3 cm³/mol. The molecule has 0 radical (unpaired) electrons. The Hall–Kier alpha value is -1.07. The third-order valence-corrected chi connectivity index (χ3v) is 3.64. The quantitative estimate of drug-likeness (QED) is 0.336. The minimum Gasteiger partial charge on any atom is -0.337 e. The first-order valence-electron chi connectivity index (χ1n) is 5.55. The summed E-state index contributed by atoms with van der Waals surface area (Å²) >= 11 is 1.84. The zero-order valence-electron chi connectivity index (χ0n) is 9.73. The van der Waals surface area contributed by atoms with Crippen LogP contribution in [0.1, 0.15) is 24.3 Å². The van der Waals surface area contributed by atoms with E-state index in [0.29, 0.717) is 0 Å². The van der Waals surface area contributed by atoms with Crippen molar-refractivity contribution in [2.75, 3.05) is 6.54 Å². The molecule has 0 saturated heterocycles. The summed E-state index contributed by atoms with van der Waals surface area (Å²) in [4.78, 5) is 8.19. The summed E-state index contributed by atoms with van der Waals surface area (Å²) in [5, 5.41) is 2.16. The number of guanidine groups is 1. The summed E-state index contributed by atoms with van der Waals surface area (Å²) < 4.78 is 0. The van der Waals surface area contributed by atoms with E-state index in [1.165, 1.54) is 10.4 Å². The molecule has 0 saturated carbocycles. The van der Waals surface area contributed by atoms with E-state index in [0.717, 1.165) is 25.5 Å². The Morgan fingerprint density at radius 2 is 2.44 bits per heavy atom. The molecule has 0 atom stereocenters. The lowest BCUT2D eigenvalue weighted by atomic mass is 10.1. The molecular weight excluding hydrogens is 220 g/mol. The molecule has 0 aromatic carbocycles. The Balaban J connectivity index is 2.13. The van der Waals surface area contributed by atoms with Crippen LogP contribution >= 0.6 is 11.3 Å². The number of nitrogens with two attached hydrogens (primary N) is 1. The third-order valence-electron chi connectivity index (χ3n) is 2.62. The van der Waals surface area contributed by atoms with Gasteiger partial charge in [-0.05, 0) is 37.3 Å². The molecule has 0 aliphatic carbocycles. The van der Waals surface area contributed by atoms with Crippen molar-refractivity contribution in [2.24, 2.45) is 10.8 Å². The first-order valence-corrected chi connectivity index (χ1v) is 6.43. The van der Waals surface area contributed by atoms with Crippen LogP contribution in [0.2, 0.25) is 0 Å². The van der Waals surface area contributed by atoms with Gasteiger partial charge in [0.1, 0.15) is 0 Å². The predicted octanol–water partition coefficient (Wildman–Crippen LogP) is 1.33. The molecule has 1 aromatic heterocycles. The molecular formula is C11H18N4S. The lowest BCUT2D eigenvalue weighted by Gasteiger charge is -2.29. The smallest absolute Gasteiger partial charge is 0.208 e. The van der Waals surface area contributed by atoms with E-state index in [4.69, 9.17) is 5.84 Å². The largest absolute Gasteiger partial charge is 0.337 e. The molecule has 1 aliphatic rings. The number of thiophene rings is 1. The molecule has 0 unspecified atom stereocenters. The maximum absolute atomic E-state index is 5.53. The van der Waals surface area contributed by atoms with Crippen LogP contribution in [0, 0.1) is 0 Å². The molecule has 1 aliphatic heterocycles. The zero-order valence-corrected chi connectivity index (χ0v) is 10.5. The molecule has 3 N–H and O–H groups in total. The van der Waals surface area contributed by atoms with Crippen LogP contribution in [0.3, 0.4) is 0 Å². The fourth-order valence-corrected chi connectivity index (χ4v) is 2.77. The van der Waals surface area contributed by atoms with Crippen LogP contribution in [0.15, 0.2) is 16.4 Å². The summed E-state index contributed by atoms with van der Waals surface area (Å²) in [7, 11) is 0. The van der Waals surface area contributed by atoms with E-state index in [1.54, 1.807) is 0 Å². The third kappa shape index (κ3) is 2.36. The molecule has 0 fully saturated rings. The normalized spacial score (nSPS) is 16.5. The van der Waals surface area contributed by atoms with Crippen LogP contribution in [0.25, 0.3) is 0 Å². The number of fused-ring (bicyclic) bond motifs is 1. The van der Waals surface area contributed by atoms with E-state index in [1.807, 2.05) is 11.3 Å². The van der Waals surface area contributed by atoms with Crippen molar-refractivity contribution < 1.29 is 0 Å².